The van der Waals surface area contributed by atoms with E-state index in [1.54, 1.807) is 17.0 Å². The van der Waals surface area contributed by atoms with Crippen molar-refractivity contribution in [3.63, 3.8) is 0 Å². The van der Waals surface area contributed by atoms with Crippen molar-refractivity contribution in [1.29, 1.82) is 0 Å². The summed E-state index contributed by atoms with van der Waals surface area (Å²) in [6, 6.07) is 21.0. The number of amides is 1. The van der Waals surface area contributed by atoms with Crippen LogP contribution in [0.4, 0.5) is 10.1 Å². The molecule has 3 aromatic carbocycles. The average Bonchev–Trinajstić information content (AvgIpc) is 2.81. The summed E-state index contributed by atoms with van der Waals surface area (Å²) < 4.78 is 40.9. The maximum absolute atomic E-state index is 13.1. The second-order valence-corrected chi connectivity index (χ2v) is 8.92. The van der Waals surface area contributed by atoms with Crippen molar-refractivity contribution in [2.24, 2.45) is 0 Å². The number of halogens is 1. The van der Waals surface area contributed by atoms with E-state index in [1.807, 2.05) is 36.4 Å². The Labute approximate surface area is 180 Å². The van der Waals surface area contributed by atoms with Gasteiger partial charge in [0.1, 0.15) is 5.82 Å². The highest BCUT2D eigenvalue weighted by atomic mass is 32.2. The third-order valence-electron chi connectivity index (χ3n) is 5.13. The van der Waals surface area contributed by atoms with Gasteiger partial charge in [0.25, 0.3) is 15.9 Å². The maximum atomic E-state index is 13.1. The predicted octanol–water partition coefficient (Wildman–Crippen LogP) is 4.56. The van der Waals surface area contributed by atoms with Crippen LogP contribution in [-0.2, 0) is 10.0 Å². The van der Waals surface area contributed by atoms with Gasteiger partial charge in [-0.15, -0.1) is 0 Å². The van der Waals surface area contributed by atoms with Gasteiger partial charge in [-0.25, -0.2) is 12.8 Å². The van der Waals surface area contributed by atoms with E-state index in [9.17, 15) is 17.6 Å². The minimum atomic E-state index is -3.91. The number of nitrogens with one attached hydrogen (secondary N) is 1. The SMILES string of the molecule is O=C(c1cccc(S(=O)(=O)Nc2ccc(F)cc2)c1)N1CC=C(c2ccccc2)CC1. The Kier molecular flexibility index (Phi) is 5.86. The van der Waals surface area contributed by atoms with Gasteiger partial charge < -0.3 is 4.90 Å². The van der Waals surface area contributed by atoms with E-state index >= 15 is 0 Å². The molecule has 0 saturated carbocycles. The van der Waals surface area contributed by atoms with Crippen molar-refractivity contribution in [3.8, 4) is 0 Å². The zero-order chi connectivity index (χ0) is 21.8. The van der Waals surface area contributed by atoms with Crippen molar-refractivity contribution < 1.29 is 17.6 Å². The highest BCUT2D eigenvalue weighted by Gasteiger charge is 2.22. The maximum Gasteiger partial charge on any atom is 0.261 e. The second-order valence-electron chi connectivity index (χ2n) is 7.24. The van der Waals surface area contributed by atoms with Crippen LogP contribution in [0.15, 0.2) is 89.8 Å². The first-order valence-corrected chi connectivity index (χ1v) is 11.3. The highest BCUT2D eigenvalue weighted by Crippen LogP contribution is 2.24. The second kappa shape index (κ2) is 8.73. The van der Waals surface area contributed by atoms with Crippen molar-refractivity contribution >= 4 is 27.2 Å². The molecule has 1 heterocycles. The summed E-state index contributed by atoms with van der Waals surface area (Å²) in [6.45, 7) is 1.03. The lowest BCUT2D eigenvalue weighted by molar-refractivity contribution is 0.0772. The topological polar surface area (TPSA) is 66.5 Å². The number of sulfonamides is 1. The largest absolute Gasteiger partial charge is 0.335 e. The Morgan fingerprint density at radius 1 is 0.935 bits per heavy atom. The van der Waals surface area contributed by atoms with Crippen LogP contribution in [0.25, 0.3) is 5.57 Å². The summed E-state index contributed by atoms with van der Waals surface area (Å²) in [5, 5.41) is 0. The monoisotopic (exact) mass is 436 g/mol. The zero-order valence-electron chi connectivity index (χ0n) is 16.7. The van der Waals surface area contributed by atoms with E-state index in [2.05, 4.69) is 4.72 Å². The van der Waals surface area contributed by atoms with Crippen LogP contribution < -0.4 is 4.72 Å². The summed E-state index contributed by atoms with van der Waals surface area (Å²) >= 11 is 0. The van der Waals surface area contributed by atoms with E-state index in [0.29, 0.717) is 18.7 Å². The summed E-state index contributed by atoms with van der Waals surface area (Å²) in [6.07, 6.45) is 2.77. The first kappa shape index (κ1) is 20.8. The van der Waals surface area contributed by atoms with Crippen LogP contribution in [0, 0.1) is 5.82 Å². The molecule has 1 aliphatic rings. The molecule has 0 fully saturated rings. The van der Waals surface area contributed by atoms with Crippen LogP contribution in [0.2, 0.25) is 0 Å². The van der Waals surface area contributed by atoms with Gasteiger partial charge in [-0.3, -0.25) is 9.52 Å². The van der Waals surface area contributed by atoms with Gasteiger partial charge in [0.2, 0.25) is 0 Å². The number of anilines is 1. The Bertz CT molecular complexity index is 1220. The van der Waals surface area contributed by atoms with Crippen LogP contribution in [0.5, 0.6) is 0 Å². The molecule has 0 radical (unpaired) electrons. The molecule has 31 heavy (non-hydrogen) atoms. The Balaban J connectivity index is 1.49. The first-order chi connectivity index (χ1) is 14.9. The molecule has 0 unspecified atom stereocenters. The van der Waals surface area contributed by atoms with Gasteiger partial charge in [-0.1, -0.05) is 42.5 Å². The number of carbonyl (C=O) groups excluding carboxylic acids is 1. The molecule has 4 rings (SSSR count). The highest BCUT2D eigenvalue weighted by molar-refractivity contribution is 7.92. The molecule has 0 atom stereocenters. The summed E-state index contributed by atoms with van der Waals surface area (Å²) in [5.74, 6) is -0.677. The van der Waals surface area contributed by atoms with Crippen molar-refractivity contribution in [2.75, 3.05) is 17.8 Å². The minimum Gasteiger partial charge on any atom is -0.335 e. The Hall–Kier alpha value is -3.45. The van der Waals surface area contributed by atoms with E-state index in [1.165, 1.54) is 42.0 Å². The number of nitrogens with zero attached hydrogens (tertiary/aromatic N) is 1. The Morgan fingerprint density at radius 2 is 1.68 bits per heavy atom. The normalized spacial score (nSPS) is 14.1. The van der Waals surface area contributed by atoms with Gasteiger partial charge in [0, 0.05) is 24.3 Å². The lowest BCUT2D eigenvalue weighted by Crippen LogP contribution is -2.34. The van der Waals surface area contributed by atoms with Gasteiger partial charge in [0.05, 0.1) is 4.90 Å². The predicted molar refractivity (Wildman–Crippen MR) is 119 cm³/mol. The van der Waals surface area contributed by atoms with Gasteiger partial charge >= 0.3 is 0 Å². The van der Waals surface area contributed by atoms with E-state index < -0.39 is 15.8 Å². The molecule has 1 N–H and O–H groups in total. The van der Waals surface area contributed by atoms with Gasteiger partial charge in [-0.2, -0.15) is 0 Å². The molecule has 0 saturated heterocycles. The zero-order valence-corrected chi connectivity index (χ0v) is 17.5. The molecule has 0 spiro atoms. The number of carbonyl (C=O) groups is 1. The van der Waals surface area contributed by atoms with Crippen molar-refractivity contribution in [1.82, 2.24) is 4.90 Å². The summed E-state index contributed by atoms with van der Waals surface area (Å²) in [5.41, 5.74) is 2.89. The smallest absolute Gasteiger partial charge is 0.261 e. The molecule has 1 amide bonds. The molecule has 1 aliphatic heterocycles. The molecule has 0 aliphatic carbocycles. The van der Waals surface area contributed by atoms with Crippen LogP contribution >= 0.6 is 0 Å². The van der Waals surface area contributed by atoms with Crippen LogP contribution in [-0.4, -0.2) is 32.3 Å². The van der Waals surface area contributed by atoms with Gasteiger partial charge in [-0.05, 0) is 60.0 Å². The van der Waals surface area contributed by atoms with Crippen molar-refractivity contribution in [3.05, 3.63) is 102 Å². The molecule has 7 heteroatoms. The Morgan fingerprint density at radius 3 is 2.35 bits per heavy atom. The molecular formula is C24H21FN2O3S. The third kappa shape index (κ3) is 4.83. The quantitative estimate of drug-likeness (QED) is 0.638. The number of benzene rings is 3. The van der Waals surface area contributed by atoms with Crippen molar-refractivity contribution in [2.45, 2.75) is 11.3 Å². The third-order valence-corrected chi connectivity index (χ3v) is 6.51. The first-order valence-electron chi connectivity index (χ1n) is 9.84. The molecule has 158 valence electrons. The van der Waals surface area contributed by atoms with Crippen LogP contribution in [0.1, 0.15) is 22.3 Å². The van der Waals surface area contributed by atoms with Gasteiger partial charge in [0.15, 0.2) is 0 Å². The fourth-order valence-corrected chi connectivity index (χ4v) is 4.58. The molecule has 0 aromatic heterocycles. The molecule has 3 aromatic rings. The lowest BCUT2D eigenvalue weighted by Gasteiger charge is -2.27. The number of hydrogen-bond donors (Lipinski definition) is 1. The molecule has 5 nitrogen and oxygen atoms in total. The lowest BCUT2D eigenvalue weighted by atomic mass is 9.99. The molecule has 0 bridgehead atoms. The summed E-state index contributed by atoms with van der Waals surface area (Å²) in [4.78, 5) is 14.6. The standard InChI is InChI=1S/C24H21FN2O3S/c25-21-9-11-22(12-10-21)26-31(29,30)23-8-4-7-20(17-23)24(28)27-15-13-19(14-16-27)18-5-2-1-3-6-18/h1-13,17,26H,14-16H2. The van der Waals surface area contributed by atoms with E-state index in [-0.39, 0.29) is 16.5 Å². The van der Waals surface area contributed by atoms with E-state index in [0.717, 1.165) is 12.0 Å². The summed E-state index contributed by atoms with van der Waals surface area (Å²) in [7, 11) is -3.91. The van der Waals surface area contributed by atoms with E-state index in [4.69, 9.17) is 0 Å². The van der Waals surface area contributed by atoms with Crippen LogP contribution in [0.3, 0.4) is 0 Å². The fraction of sp³-hybridized carbons (Fsp3) is 0.125. The molecular weight excluding hydrogens is 415 g/mol. The minimum absolute atomic E-state index is 0.0276. The average molecular weight is 437 g/mol. The number of rotatable bonds is 5. The fourth-order valence-electron chi connectivity index (χ4n) is 3.48. The number of hydrogen-bond acceptors (Lipinski definition) is 3.